The Kier molecular flexibility index (Phi) is 5.60. The maximum atomic E-state index is 12.8. The highest BCUT2D eigenvalue weighted by molar-refractivity contribution is 5.90. The minimum Gasteiger partial charge on any atom is -0.438 e. The van der Waals surface area contributed by atoms with Crippen LogP contribution in [-0.2, 0) is 13.6 Å². The third-order valence-corrected chi connectivity index (χ3v) is 5.65. The van der Waals surface area contributed by atoms with Gasteiger partial charge < -0.3 is 14.6 Å². The summed E-state index contributed by atoms with van der Waals surface area (Å²) >= 11 is 0. The number of carbonyl (C=O) groups is 1. The Morgan fingerprint density at radius 3 is 2.84 bits per heavy atom. The second kappa shape index (κ2) is 8.20. The number of piperidine rings is 1. The number of nitrogens with one attached hydrogen (secondary N) is 1. The number of oxazole rings is 1. The maximum Gasteiger partial charge on any atom is 0.330 e. The maximum absolute atomic E-state index is 12.8. The van der Waals surface area contributed by atoms with E-state index in [1.54, 1.807) is 11.6 Å². The number of amides is 1. The van der Waals surface area contributed by atoms with Crippen molar-refractivity contribution in [2.75, 3.05) is 24.5 Å². The van der Waals surface area contributed by atoms with Crippen LogP contribution in [0.25, 0.3) is 11.2 Å². The number of nitrogens with zero attached hydrogens (tertiary/aromatic N) is 5. The monoisotopic (exact) mass is 426 g/mol. The van der Waals surface area contributed by atoms with Crippen molar-refractivity contribution in [3.8, 4) is 0 Å². The van der Waals surface area contributed by atoms with Gasteiger partial charge in [0.1, 0.15) is 5.82 Å². The zero-order chi connectivity index (χ0) is 22.2. The third-order valence-electron chi connectivity index (χ3n) is 5.65. The summed E-state index contributed by atoms with van der Waals surface area (Å²) in [6, 6.07) is 4.00. The number of anilines is 1. The van der Waals surface area contributed by atoms with Crippen LogP contribution in [0, 0.1) is 11.3 Å². The van der Waals surface area contributed by atoms with E-state index in [0.29, 0.717) is 24.7 Å². The Balaban J connectivity index is 1.49. The van der Waals surface area contributed by atoms with Crippen LogP contribution >= 0.6 is 0 Å². The molecule has 3 aromatic rings. The third kappa shape index (κ3) is 4.50. The van der Waals surface area contributed by atoms with Gasteiger partial charge in [-0.25, -0.2) is 14.8 Å². The summed E-state index contributed by atoms with van der Waals surface area (Å²) in [6.45, 7) is 9.27. The van der Waals surface area contributed by atoms with Gasteiger partial charge in [-0.05, 0) is 36.3 Å². The first-order valence-corrected chi connectivity index (χ1v) is 10.7. The summed E-state index contributed by atoms with van der Waals surface area (Å²) in [6.07, 6.45) is 4.72. The number of imidazole rings is 1. The van der Waals surface area contributed by atoms with E-state index in [1.807, 2.05) is 16.7 Å². The van der Waals surface area contributed by atoms with Gasteiger partial charge in [0, 0.05) is 33.2 Å². The molecule has 1 aliphatic heterocycles. The molecule has 0 radical (unpaired) electrons. The fourth-order valence-corrected chi connectivity index (χ4v) is 4.16. The molecule has 4 rings (SSSR count). The van der Waals surface area contributed by atoms with Crippen LogP contribution in [0.3, 0.4) is 0 Å². The molecular formula is C22H30N6O3. The van der Waals surface area contributed by atoms with Crippen LogP contribution in [0.2, 0.25) is 0 Å². The molecule has 1 aliphatic rings. The summed E-state index contributed by atoms with van der Waals surface area (Å²) in [5.41, 5.74) is 1.51. The van der Waals surface area contributed by atoms with Crippen LogP contribution in [0.15, 0.2) is 33.9 Å². The number of hydrogen-bond donors (Lipinski definition) is 1. The largest absolute Gasteiger partial charge is 0.438 e. The first-order chi connectivity index (χ1) is 14.7. The molecule has 31 heavy (non-hydrogen) atoms. The molecular weight excluding hydrogens is 396 g/mol. The molecule has 166 valence electrons. The number of carbonyl (C=O) groups excluding carboxylic acids is 1. The van der Waals surface area contributed by atoms with Crippen molar-refractivity contribution in [1.82, 2.24) is 24.4 Å². The van der Waals surface area contributed by atoms with E-state index in [4.69, 9.17) is 9.40 Å². The summed E-state index contributed by atoms with van der Waals surface area (Å²) in [7, 11) is 1.78. The summed E-state index contributed by atoms with van der Waals surface area (Å²) in [4.78, 5) is 35.7. The predicted molar refractivity (Wildman–Crippen MR) is 118 cm³/mol. The van der Waals surface area contributed by atoms with Crippen LogP contribution < -0.4 is 15.9 Å². The standard InChI is InChI=1S/C22H30N6O3/c1-22(2,3)13-28-16-7-8-18(25-19(16)26(4)21(28)30)27-9-5-6-15(12-27)10-24-20(29)17-11-23-14-31-17/h7-8,11,14-15H,5-6,9-10,12-13H2,1-4H3,(H,24,29). The number of aryl methyl sites for hydroxylation is 1. The fourth-order valence-electron chi connectivity index (χ4n) is 4.16. The highest BCUT2D eigenvalue weighted by Gasteiger charge is 2.24. The van der Waals surface area contributed by atoms with Gasteiger partial charge in [-0.3, -0.25) is 13.9 Å². The lowest BCUT2D eigenvalue weighted by Crippen LogP contribution is -2.41. The topological polar surface area (TPSA) is 98.2 Å². The number of hydrogen-bond acceptors (Lipinski definition) is 6. The smallest absolute Gasteiger partial charge is 0.330 e. The summed E-state index contributed by atoms with van der Waals surface area (Å²) < 4.78 is 8.48. The van der Waals surface area contributed by atoms with E-state index >= 15 is 0 Å². The molecule has 3 aromatic heterocycles. The van der Waals surface area contributed by atoms with Crippen molar-refractivity contribution in [3.05, 3.63) is 41.0 Å². The minimum absolute atomic E-state index is 0.00693. The molecule has 0 saturated carbocycles. The number of aromatic nitrogens is 4. The lowest BCUT2D eigenvalue weighted by Gasteiger charge is -2.33. The van der Waals surface area contributed by atoms with E-state index in [-0.39, 0.29) is 22.8 Å². The van der Waals surface area contributed by atoms with Crippen LogP contribution in [0.4, 0.5) is 5.82 Å². The summed E-state index contributed by atoms with van der Waals surface area (Å²) in [5.74, 6) is 1.15. The average molecular weight is 427 g/mol. The van der Waals surface area contributed by atoms with Gasteiger partial charge in [-0.1, -0.05) is 20.8 Å². The van der Waals surface area contributed by atoms with Gasteiger partial charge in [-0.15, -0.1) is 0 Å². The Hall–Kier alpha value is -3.10. The van der Waals surface area contributed by atoms with E-state index in [9.17, 15) is 9.59 Å². The fraction of sp³-hybridized carbons (Fsp3) is 0.545. The van der Waals surface area contributed by atoms with Crippen LogP contribution in [-0.4, -0.2) is 44.6 Å². The SMILES string of the molecule is Cn1c(=O)n(CC(C)(C)C)c2ccc(N3CCCC(CNC(=O)c4cnco4)C3)nc21. The Morgan fingerprint density at radius 2 is 2.13 bits per heavy atom. The first-order valence-electron chi connectivity index (χ1n) is 10.7. The number of pyridine rings is 1. The quantitative estimate of drug-likeness (QED) is 0.673. The van der Waals surface area contributed by atoms with Gasteiger partial charge in [0.15, 0.2) is 12.0 Å². The van der Waals surface area contributed by atoms with E-state index < -0.39 is 0 Å². The molecule has 0 bridgehead atoms. The molecule has 1 fully saturated rings. The molecule has 9 heteroatoms. The molecule has 4 heterocycles. The van der Waals surface area contributed by atoms with Crippen molar-refractivity contribution in [3.63, 3.8) is 0 Å². The highest BCUT2D eigenvalue weighted by Crippen LogP contribution is 2.25. The van der Waals surface area contributed by atoms with E-state index in [1.165, 1.54) is 12.6 Å². The Bertz CT molecular complexity index is 1120. The predicted octanol–water partition coefficient (Wildman–Crippen LogP) is 2.42. The lowest BCUT2D eigenvalue weighted by atomic mass is 9.97. The molecule has 0 aliphatic carbocycles. The molecule has 1 unspecified atom stereocenters. The Labute approximate surface area is 181 Å². The van der Waals surface area contributed by atoms with Crippen molar-refractivity contribution in [2.24, 2.45) is 18.4 Å². The molecule has 1 amide bonds. The number of rotatable bonds is 5. The van der Waals surface area contributed by atoms with Crippen molar-refractivity contribution in [2.45, 2.75) is 40.2 Å². The van der Waals surface area contributed by atoms with Crippen LogP contribution in [0.5, 0.6) is 0 Å². The van der Waals surface area contributed by atoms with Crippen molar-refractivity contribution in [1.29, 1.82) is 0 Å². The highest BCUT2D eigenvalue weighted by atomic mass is 16.3. The van der Waals surface area contributed by atoms with Gasteiger partial charge in [0.2, 0.25) is 5.76 Å². The van der Waals surface area contributed by atoms with Gasteiger partial charge >= 0.3 is 5.69 Å². The zero-order valence-electron chi connectivity index (χ0n) is 18.6. The van der Waals surface area contributed by atoms with Crippen molar-refractivity contribution >= 4 is 22.9 Å². The zero-order valence-corrected chi connectivity index (χ0v) is 18.6. The summed E-state index contributed by atoms with van der Waals surface area (Å²) in [5, 5.41) is 2.93. The van der Waals surface area contributed by atoms with Crippen LogP contribution in [0.1, 0.15) is 44.2 Å². The second-order valence-corrected chi connectivity index (χ2v) is 9.53. The first kappa shape index (κ1) is 21.1. The van der Waals surface area contributed by atoms with E-state index in [2.05, 4.69) is 36.0 Å². The number of fused-ring (bicyclic) bond motifs is 1. The molecule has 0 spiro atoms. The second-order valence-electron chi connectivity index (χ2n) is 9.53. The molecule has 9 nitrogen and oxygen atoms in total. The molecule has 1 saturated heterocycles. The molecule has 1 N–H and O–H groups in total. The lowest BCUT2D eigenvalue weighted by molar-refractivity contribution is 0.0918. The van der Waals surface area contributed by atoms with Crippen molar-refractivity contribution < 1.29 is 9.21 Å². The van der Waals surface area contributed by atoms with Gasteiger partial charge in [0.25, 0.3) is 5.91 Å². The molecule has 0 aromatic carbocycles. The molecule has 1 atom stereocenters. The van der Waals surface area contributed by atoms with Gasteiger partial charge in [-0.2, -0.15) is 0 Å². The average Bonchev–Trinajstić information content (AvgIpc) is 3.35. The Morgan fingerprint density at radius 1 is 1.32 bits per heavy atom. The minimum atomic E-state index is -0.246. The van der Waals surface area contributed by atoms with E-state index in [0.717, 1.165) is 37.3 Å². The van der Waals surface area contributed by atoms with Gasteiger partial charge in [0.05, 0.1) is 11.7 Å². The normalized spacial score (nSPS) is 17.3.